The monoisotopic (exact) mass is 312 g/mol. The number of likely N-dealkylation sites (N-methyl/N-ethyl adjacent to an activating group) is 1. The Hall–Kier alpha value is -1.26. The van der Waals surface area contributed by atoms with Gasteiger partial charge in [0.25, 0.3) is 5.91 Å². The molecule has 4 nitrogen and oxygen atoms in total. The van der Waals surface area contributed by atoms with Crippen molar-refractivity contribution in [2.75, 3.05) is 32.1 Å². The highest BCUT2D eigenvalue weighted by atomic mass is 35.5. The third kappa shape index (κ3) is 5.94. The van der Waals surface area contributed by atoms with Gasteiger partial charge in [0.2, 0.25) is 0 Å². The maximum Gasteiger partial charge on any atom is 0.255 e. The number of nitrogens with one attached hydrogen (secondary N) is 1. The van der Waals surface area contributed by atoms with Crippen molar-refractivity contribution in [2.24, 2.45) is 0 Å². The fraction of sp³-hybridized carbons (Fsp3) is 0.562. The number of benzene rings is 1. The van der Waals surface area contributed by atoms with Gasteiger partial charge in [-0.15, -0.1) is 0 Å². The van der Waals surface area contributed by atoms with Crippen LogP contribution in [0.1, 0.15) is 37.6 Å². The number of anilines is 1. The molecule has 0 radical (unpaired) electrons. The van der Waals surface area contributed by atoms with E-state index < -0.39 is 0 Å². The minimum absolute atomic E-state index is 0.0524. The number of ether oxygens (including phenoxy) is 1. The first-order chi connectivity index (χ1) is 9.95. The second-order valence-corrected chi connectivity index (χ2v) is 5.70. The fourth-order valence-electron chi connectivity index (χ4n) is 1.84. The van der Waals surface area contributed by atoms with Crippen molar-refractivity contribution in [3.8, 4) is 0 Å². The molecular weight excluding hydrogens is 288 g/mol. The van der Waals surface area contributed by atoms with Crippen LogP contribution < -0.4 is 5.32 Å². The Balaban J connectivity index is 2.77. The van der Waals surface area contributed by atoms with Crippen LogP contribution in [-0.4, -0.2) is 43.7 Å². The normalized spacial score (nSPS) is 10.8. The van der Waals surface area contributed by atoms with E-state index in [0.717, 1.165) is 18.7 Å². The highest BCUT2D eigenvalue weighted by molar-refractivity contribution is 6.31. The van der Waals surface area contributed by atoms with E-state index >= 15 is 0 Å². The number of carbonyl (C=O) groups excluding carboxylic acids is 1. The predicted molar refractivity (Wildman–Crippen MR) is 88.3 cm³/mol. The molecule has 0 atom stereocenters. The highest BCUT2D eigenvalue weighted by Gasteiger charge is 2.16. The van der Waals surface area contributed by atoms with Gasteiger partial charge in [-0.1, -0.05) is 18.5 Å². The smallest absolute Gasteiger partial charge is 0.255 e. The molecule has 118 valence electrons. The topological polar surface area (TPSA) is 41.6 Å². The van der Waals surface area contributed by atoms with Crippen molar-refractivity contribution < 1.29 is 9.53 Å². The molecule has 0 unspecified atom stereocenters. The summed E-state index contributed by atoms with van der Waals surface area (Å²) in [4.78, 5) is 14.2. The number of carbonyl (C=O) groups is 1. The summed E-state index contributed by atoms with van der Waals surface area (Å²) in [6, 6.07) is 5.35. The Bertz CT molecular complexity index is 464. The lowest BCUT2D eigenvalue weighted by atomic mass is 10.1. The van der Waals surface area contributed by atoms with Crippen LogP contribution in [0.2, 0.25) is 5.02 Å². The Morgan fingerprint density at radius 3 is 2.76 bits per heavy atom. The van der Waals surface area contributed by atoms with Crippen LogP contribution in [0.4, 0.5) is 5.69 Å². The number of hydrogen-bond acceptors (Lipinski definition) is 3. The van der Waals surface area contributed by atoms with E-state index in [2.05, 4.69) is 12.2 Å². The van der Waals surface area contributed by atoms with Crippen LogP contribution >= 0.6 is 11.6 Å². The van der Waals surface area contributed by atoms with Crippen molar-refractivity contribution in [1.29, 1.82) is 0 Å². The first-order valence-corrected chi connectivity index (χ1v) is 7.74. The Morgan fingerprint density at radius 1 is 1.43 bits per heavy atom. The van der Waals surface area contributed by atoms with E-state index in [1.807, 2.05) is 19.9 Å². The molecule has 1 amide bonds. The summed E-state index contributed by atoms with van der Waals surface area (Å²) in [5, 5.41) is 3.83. The zero-order valence-electron chi connectivity index (χ0n) is 13.3. The molecule has 0 aliphatic rings. The molecule has 0 spiro atoms. The lowest BCUT2D eigenvalue weighted by Gasteiger charge is -2.20. The van der Waals surface area contributed by atoms with Gasteiger partial charge in [0.1, 0.15) is 0 Å². The van der Waals surface area contributed by atoms with E-state index in [0.29, 0.717) is 23.7 Å². The van der Waals surface area contributed by atoms with Crippen molar-refractivity contribution in [3.05, 3.63) is 28.8 Å². The Kier molecular flexibility index (Phi) is 7.54. The van der Waals surface area contributed by atoms with Gasteiger partial charge in [-0.05, 0) is 38.5 Å². The molecule has 0 heterocycles. The summed E-state index contributed by atoms with van der Waals surface area (Å²) in [5.41, 5.74) is 1.42. The van der Waals surface area contributed by atoms with Crippen molar-refractivity contribution in [1.82, 2.24) is 4.90 Å². The van der Waals surface area contributed by atoms with E-state index in [1.165, 1.54) is 0 Å². The third-order valence-electron chi connectivity index (χ3n) is 3.00. The summed E-state index contributed by atoms with van der Waals surface area (Å²) < 4.78 is 5.48. The zero-order valence-corrected chi connectivity index (χ0v) is 14.0. The van der Waals surface area contributed by atoms with Crippen LogP contribution in [0.3, 0.4) is 0 Å². The van der Waals surface area contributed by atoms with Crippen molar-refractivity contribution in [2.45, 2.75) is 33.3 Å². The zero-order chi connectivity index (χ0) is 15.8. The summed E-state index contributed by atoms with van der Waals surface area (Å²) in [6.07, 6.45) is 1.16. The standard InChI is InChI=1S/C16H25ClN2O2/c1-5-8-18-15-7-6-13(17)11-14(15)16(20)19(4)9-10-21-12(2)3/h6-7,11-12,18H,5,8-10H2,1-4H3. The summed E-state index contributed by atoms with van der Waals surface area (Å²) in [6.45, 7) is 7.94. The lowest BCUT2D eigenvalue weighted by molar-refractivity contribution is 0.0532. The second kappa shape index (κ2) is 8.90. The number of nitrogens with zero attached hydrogens (tertiary/aromatic N) is 1. The van der Waals surface area contributed by atoms with Gasteiger partial charge in [0.05, 0.1) is 18.3 Å². The maximum absolute atomic E-state index is 12.5. The second-order valence-electron chi connectivity index (χ2n) is 5.26. The largest absolute Gasteiger partial charge is 0.384 e. The van der Waals surface area contributed by atoms with Gasteiger partial charge in [0.15, 0.2) is 0 Å². The molecule has 1 aromatic rings. The maximum atomic E-state index is 12.5. The number of rotatable bonds is 8. The summed E-state index contributed by atoms with van der Waals surface area (Å²) in [7, 11) is 1.77. The molecule has 0 saturated carbocycles. The molecule has 1 aromatic carbocycles. The minimum atomic E-state index is -0.0524. The number of amides is 1. The molecule has 0 aliphatic carbocycles. The van der Waals surface area contributed by atoms with Gasteiger partial charge >= 0.3 is 0 Å². The van der Waals surface area contributed by atoms with Gasteiger partial charge in [-0.3, -0.25) is 4.79 Å². The fourth-order valence-corrected chi connectivity index (χ4v) is 2.01. The first-order valence-electron chi connectivity index (χ1n) is 7.36. The van der Waals surface area contributed by atoms with E-state index in [-0.39, 0.29) is 12.0 Å². The molecule has 0 saturated heterocycles. The number of halogens is 1. The van der Waals surface area contributed by atoms with Gasteiger partial charge in [0, 0.05) is 30.8 Å². The first kappa shape index (κ1) is 17.8. The molecule has 1 rings (SSSR count). The van der Waals surface area contributed by atoms with Crippen LogP contribution in [0, 0.1) is 0 Å². The lowest BCUT2D eigenvalue weighted by Crippen LogP contribution is -2.31. The van der Waals surface area contributed by atoms with E-state index in [4.69, 9.17) is 16.3 Å². The molecule has 1 N–H and O–H groups in total. The van der Waals surface area contributed by atoms with Gasteiger partial charge in [-0.2, -0.15) is 0 Å². The SMILES string of the molecule is CCCNc1ccc(Cl)cc1C(=O)N(C)CCOC(C)C. The summed E-state index contributed by atoms with van der Waals surface area (Å²) in [5.74, 6) is -0.0524. The van der Waals surface area contributed by atoms with Crippen LogP contribution in [-0.2, 0) is 4.74 Å². The molecule has 0 fully saturated rings. The average molecular weight is 313 g/mol. The summed E-state index contributed by atoms with van der Waals surface area (Å²) >= 11 is 6.02. The van der Waals surface area contributed by atoms with Gasteiger partial charge in [-0.25, -0.2) is 0 Å². The molecule has 21 heavy (non-hydrogen) atoms. The molecule has 0 aromatic heterocycles. The third-order valence-corrected chi connectivity index (χ3v) is 3.24. The molecule has 0 aliphatic heterocycles. The van der Waals surface area contributed by atoms with Crippen LogP contribution in [0.15, 0.2) is 18.2 Å². The highest BCUT2D eigenvalue weighted by Crippen LogP contribution is 2.22. The van der Waals surface area contributed by atoms with E-state index in [9.17, 15) is 4.79 Å². The quantitative estimate of drug-likeness (QED) is 0.796. The Labute approximate surface area is 132 Å². The van der Waals surface area contributed by atoms with Crippen LogP contribution in [0.5, 0.6) is 0 Å². The Morgan fingerprint density at radius 2 is 2.14 bits per heavy atom. The van der Waals surface area contributed by atoms with Gasteiger partial charge < -0.3 is 15.0 Å². The van der Waals surface area contributed by atoms with E-state index in [1.54, 1.807) is 24.1 Å². The molecular formula is C16H25ClN2O2. The van der Waals surface area contributed by atoms with Crippen molar-refractivity contribution in [3.63, 3.8) is 0 Å². The minimum Gasteiger partial charge on any atom is -0.384 e. The van der Waals surface area contributed by atoms with Crippen molar-refractivity contribution >= 4 is 23.2 Å². The predicted octanol–water partition coefficient (Wildman–Crippen LogP) is 3.66. The average Bonchev–Trinajstić information content (AvgIpc) is 2.44. The number of hydrogen-bond donors (Lipinski definition) is 1. The molecule has 0 bridgehead atoms. The van der Waals surface area contributed by atoms with Crippen LogP contribution in [0.25, 0.3) is 0 Å². The molecule has 5 heteroatoms.